The molecule has 0 aromatic heterocycles. The fraction of sp³-hybridized carbons (Fsp3) is 0.714. The normalized spacial score (nSPS) is 15.6. The summed E-state index contributed by atoms with van der Waals surface area (Å²) in [4.78, 5) is 0. The third-order valence-corrected chi connectivity index (χ3v) is 1.12. The van der Waals surface area contributed by atoms with Crippen LogP contribution in [0.25, 0.3) is 0 Å². The van der Waals surface area contributed by atoms with Crippen LogP contribution in [0.15, 0.2) is 0 Å². The van der Waals surface area contributed by atoms with Gasteiger partial charge in [0.05, 0.1) is 0 Å². The van der Waals surface area contributed by atoms with Gasteiger partial charge in [-0.1, -0.05) is 12.8 Å². The lowest BCUT2D eigenvalue weighted by Crippen LogP contribution is -2.18. The van der Waals surface area contributed by atoms with Crippen molar-refractivity contribution in [2.75, 3.05) is 6.61 Å². The zero-order valence-corrected chi connectivity index (χ0v) is 5.76. The quantitative estimate of drug-likeness (QED) is 0.514. The van der Waals surface area contributed by atoms with E-state index >= 15 is 0 Å². The van der Waals surface area contributed by atoms with E-state index in [2.05, 4.69) is 11.8 Å². The van der Waals surface area contributed by atoms with Gasteiger partial charge in [0.2, 0.25) is 0 Å². The van der Waals surface area contributed by atoms with Crippen LogP contribution in [0, 0.1) is 17.8 Å². The van der Waals surface area contributed by atoms with Crippen LogP contribution in [-0.2, 0) is 0 Å². The van der Waals surface area contributed by atoms with Crippen molar-refractivity contribution in [1.29, 1.82) is 0 Å². The lowest BCUT2D eigenvalue weighted by molar-refractivity contribution is 0.118. The average Bonchev–Trinajstić information content (AvgIpc) is 1.87. The molecule has 2 atom stereocenters. The van der Waals surface area contributed by atoms with E-state index in [-0.39, 0.29) is 12.5 Å². The minimum absolute atomic E-state index is 0.0180. The summed E-state index contributed by atoms with van der Waals surface area (Å²) in [6.45, 7) is 3.39. The second-order valence-electron chi connectivity index (χ2n) is 2.00. The molecule has 0 aliphatic rings. The molecule has 0 unspecified atom stereocenters. The summed E-state index contributed by atoms with van der Waals surface area (Å²) in [6.07, 6.45) is -0.681. The van der Waals surface area contributed by atoms with Gasteiger partial charge in [-0.25, -0.2) is 0 Å². The van der Waals surface area contributed by atoms with Crippen molar-refractivity contribution >= 4 is 0 Å². The van der Waals surface area contributed by atoms with Gasteiger partial charge >= 0.3 is 0 Å². The molecule has 0 aliphatic heterocycles. The van der Waals surface area contributed by atoms with Crippen LogP contribution in [0.4, 0.5) is 0 Å². The Labute approximate surface area is 55.5 Å². The Morgan fingerprint density at radius 3 is 2.44 bits per heavy atom. The van der Waals surface area contributed by atoms with E-state index in [1.807, 2.05) is 0 Å². The smallest absolute Gasteiger partial charge is 0.119 e. The van der Waals surface area contributed by atoms with Gasteiger partial charge in [0, 0.05) is 12.5 Å². The van der Waals surface area contributed by atoms with Crippen molar-refractivity contribution in [2.24, 2.45) is 5.92 Å². The molecule has 0 spiro atoms. The highest BCUT2D eigenvalue weighted by Crippen LogP contribution is 1.98. The predicted molar refractivity (Wildman–Crippen MR) is 35.7 cm³/mol. The lowest BCUT2D eigenvalue weighted by Gasteiger charge is -2.08. The fourth-order valence-electron chi connectivity index (χ4n) is 0.390. The molecule has 0 saturated carbocycles. The van der Waals surface area contributed by atoms with E-state index in [0.29, 0.717) is 0 Å². The number of aliphatic hydroxyl groups excluding tert-OH is 2. The Hall–Kier alpha value is -0.520. The molecule has 0 radical (unpaired) electrons. The second-order valence-corrected chi connectivity index (χ2v) is 2.00. The topological polar surface area (TPSA) is 40.5 Å². The van der Waals surface area contributed by atoms with E-state index < -0.39 is 6.10 Å². The van der Waals surface area contributed by atoms with Crippen LogP contribution in [0.3, 0.4) is 0 Å². The molecule has 0 aromatic carbocycles. The maximum absolute atomic E-state index is 8.98. The van der Waals surface area contributed by atoms with Crippen molar-refractivity contribution in [3.63, 3.8) is 0 Å². The maximum Gasteiger partial charge on any atom is 0.119 e. The molecule has 2 nitrogen and oxygen atoms in total. The fourth-order valence-corrected chi connectivity index (χ4v) is 0.390. The van der Waals surface area contributed by atoms with Gasteiger partial charge in [-0.15, -0.1) is 5.92 Å². The second kappa shape index (κ2) is 4.37. The first-order valence-corrected chi connectivity index (χ1v) is 2.93. The van der Waals surface area contributed by atoms with Gasteiger partial charge in [-0.3, -0.25) is 0 Å². The molecule has 0 heterocycles. The van der Waals surface area contributed by atoms with E-state index in [9.17, 15) is 0 Å². The highest BCUT2D eigenvalue weighted by atomic mass is 16.3. The Kier molecular flexibility index (Phi) is 4.12. The Morgan fingerprint density at radius 1 is 1.56 bits per heavy atom. The van der Waals surface area contributed by atoms with Crippen LogP contribution < -0.4 is 0 Å². The Morgan fingerprint density at radius 2 is 2.11 bits per heavy atom. The SMILES string of the molecule is CC#C[C@@H](O)[C@@H](C)CO. The van der Waals surface area contributed by atoms with Gasteiger partial charge in [-0.05, 0) is 6.92 Å². The monoisotopic (exact) mass is 128 g/mol. The molecular weight excluding hydrogens is 116 g/mol. The molecule has 0 aliphatic carbocycles. The first-order valence-electron chi connectivity index (χ1n) is 2.93. The third kappa shape index (κ3) is 3.12. The number of rotatable bonds is 2. The van der Waals surface area contributed by atoms with Crippen LogP contribution in [0.5, 0.6) is 0 Å². The van der Waals surface area contributed by atoms with E-state index in [0.717, 1.165) is 0 Å². The van der Waals surface area contributed by atoms with E-state index in [4.69, 9.17) is 10.2 Å². The highest BCUT2D eigenvalue weighted by Gasteiger charge is 2.08. The molecule has 0 saturated heterocycles. The zero-order valence-electron chi connectivity index (χ0n) is 5.76. The van der Waals surface area contributed by atoms with Crippen molar-refractivity contribution in [1.82, 2.24) is 0 Å². The van der Waals surface area contributed by atoms with Gasteiger partial charge in [0.1, 0.15) is 6.10 Å². The summed E-state index contributed by atoms with van der Waals surface area (Å²) < 4.78 is 0. The number of hydrogen-bond acceptors (Lipinski definition) is 2. The van der Waals surface area contributed by atoms with E-state index in [1.54, 1.807) is 13.8 Å². The molecule has 0 amide bonds. The Bertz CT molecular complexity index is 121. The van der Waals surface area contributed by atoms with Gasteiger partial charge < -0.3 is 10.2 Å². The zero-order chi connectivity index (χ0) is 7.28. The minimum Gasteiger partial charge on any atom is -0.396 e. The van der Waals surface area contributed by atoms with Crippen LogP contribution in [0.1, 0.15) is 13.8 Å². The largest absolute Gasteiger partial charge is 0.396 e. The van der Waals surface area contributed by atoms with Crippen molar-refractivity contribution in [3.8, 4) is 11.8 Å². The molecule has 0 fully saturated rings. The summed E-state index contributed by atoms with van der Waals surface area (Å²) in [7, 11) is 0. The molecule has 0 bridgehead atoms. The molecule has 52 valence electrons. The lowest BCUT2D eigenvalue weighted by atomic mass is 10.1. The first kappa shape index (κ1) is 8.48. The van der Waals surface area contributed by atoms with Gasteiger partial charge in [0.15, 0.2) is 0 Å². The molecule has 2 N–H and O–H groups in total. The van der Waals surface area contributed by atoms with E-state index in [1.165, 1.54) is 0 Å². The molecule has 2 heteroatoms. The Balaban J connectivity index is 3.67. The van der Waals surface area contributed by atoms with Gasteiger partial charge in [0.25, 0.3) is 0 Å². The van der Waals surface area contributed by atoms with Crippen molar-refractivity contribution in [3.05, 3.63) is 0 Å². The summed E-state index contributed by atoms with van der Waals surface area (Å²) in [5.41, 5.74) is 0. The van der Waals surface area contributed by atoms with Crippen LogP contribution in [0.2, 0.25) is 0 Å². The summed E-state index contributed by atoms with van der Waals surface area (Å²) >= 11 is 0. The molecular formula is C7H12O2. The summed E-state index contributed by atoms with van der Waals surface area (Å²) in [5, 5.41) is 17.5. The third-order valence-electron chi connectivity index (χ3n) is 1.12. The van der Waals surface area contributed by atoms with Gasteiger partial charge in [-0.2, -0.15) is 0 Å². The maximum atomic E-state index is 8.98. The first-order chi connectivity index (χ1) is 4.22. The van der Waals surface area contributed by atoms with Crippen molar-refractivity contribution < 1.29 is 10.2 Å². The number of aliphatic hydroxyl groups is 2. The highest BCUT2D eigenvalue weighted by molar-refractivity contribution is 5.03. The number of hydrogen-bond donors (Lipinski definition) is 2. The molecule has 9 heavy (non-hydrogen) atoms. The van der Waals surface area contributed by atoms with Crippen LogP contribution >= 0.6 is 0 Å². The minimum atomic E-state index is -0.681. The summed E-state index contributed by atoms with van der Waals surface area (Å²) in [6, 6.07) is 0. The molecule has 0 rings (SSSR count). The predicted octanol–water partition coefficient (Wildman–Crippen LogP) is -0.00100. The average molecular weight is 128 g/mol. The van der Waals surface area contributed by atoms with Crippen LogP contribution in [-0.4, -0.2) is 22.9 Å². The van der Waals surface area contributed by atoms with Crippen molar-refractivity contribution in [2.45, 2.75) is 20.0 Å². The standard InChI is InChI=1S/C7H12O2/c1-3-4-7(9)6(2)5-8/h6-9H,5H2,1-2H3/t6-,7+/m0/s1. The summed E-state index contributed by atoms with van der Waals surface area (Å²) in [5.74, 6) is 4.97. The molecule has 0 aromatic rings.